The van der Waals surface area contributed by atoms with Crippen molar-refractivity contribution in [1.29, 1.82) is 0 Å². The number of aryl methyl sites for hydroxylation is 2. The molecule has 84 heavy (non-hydrogen) atoms. The van der Waals surface area contributed by atoms with E-state index in [9.17, 15) is 9.59 Å². The summed E-state index contributed by atoms with van der Waals surface area (Å²) in [6.45, 7) is 0. The molecule has 0 spiro atoms. The quantitative estimate of drug-likeness (QED) is 0.0867. The van der Waals surface area contributed by atoms with Crippen LogP contribution in [0.3, 0.4) is 0 Å². The molecule has 0 N–H and O–H groups in total. The van der Waals surface area contributed by atoms with Crippen molar-refractivity contribution in [3.63, 3.8) is 0 Å². The van der Waals surface area contributed by atoms with Gasteiger partial charge in [-0.05, 0) is 145 Å². The van der Waals surface area contributed by atoms with Crippen molar-refractivity contribution in [1.82, 2.24) is 19.9 Å². The number of carbonyl (C=O) groups excluding carboxylic acids is 2. The molecule has 0 atom stereocenters. The van der Waals surface area contributed by atoms with E-state index < -0.39 is 0 Å². The monoisotopic (exact) mass is 1230 g/mol. The largest absolute Gasteiger partial charge is 0.469 e. The van der Waals surface area contributed by atoms with E-state index >= 15 is 0 Å². The number of hydrogen-bond donors (Lipinski definition) is 0. The van der Waals surface area contributed by atoms with E-state index in [1.165, 1.54) is 14.2 Å². The van der Waals surface area contributed by atoms with E-state index in [0.717, 1.165) is 121 Å². The van der Waals surface area contributed by atoms with E-state index in [-0.39, 0.29) is 11.9 Å². The van der Waals surface area contributed by atoms with Gasteiger partial charge in [-0.3, -0.25) is 9.59 Å². The summed E-state index contributed by atoms with van der Waals surface area (Å²) in [7, 11) is 2.83. The van der Waals surface area contributed by atoms with Crippen LogP contribution in [0.15, 0.2) is 264 Å². The summed E-state index contributed by atoms with van der Waals surface area (Å²) < 4.78 is 11.8. The van der Waals surface area contributed by atoms with Crippen LogP contribution in [0.25, 0.3) is 67.1 Å². The lowest BCUT2D eigenvalue weighted by molar-refractivity contribution is -0.141. The molecule has 0 amide bonds. The first-order chi connectivity index (χ1) is 41.2. The van der Waals surface area contributed by atoms with Gasteiger partial charge in [0.05, 0.1) is 59.1 Å². The normalized spacial score (nSPS) is 10.9. The molecule has 0 saturated carbocycles. The van der Waals surface area contributed by atoms with Crippen LogP contribution >= 0.6 is 31.9 Å². The lowest BCUT2D eigenvalue weighted by Gasteiger charge is -2.26. The molecule has 12 rings (SSSR count). The van der Waals surface area contributed by atoms with Crippen molar-refractivity contribution < 1.29 is 19.1 Å². The number of benzene rings is 10. The Morgan fingerprint density at radius 2 is 0.560 bits per heavy atom. The molecular weight excluding hydrogens is 1170 g/mol. The van der Waals surface area contributed by atoms with Crippen LogP contribution in [0.5, 0.6) is 0 Å². The zero-order chi connectivity index (χ0) is 57.8. The molecular formula is C72H56Br2N6O4. The number of ether oxygens (including phenoxy) is 2. The fourth-order valence-corrected chi connectivity index (χ4v) is 10.5. The Morgan fingerprint density at radius 1 is 0.321 bits per heavy atom. The lowest BCUT2D eigenvalue weighted by Crippen LogP contribution is -2.10. The summed E-state index contributed by atoms with van der Waals surface area (Å²) in [6, 6.07) is 86.4. The fraction of sp³-hybridized carbons (Fsp3) is 0.0833. The average Bonchev–Trinajstić information content (AvgIpc) is 2.63. The number of esters is 2. The Bertz CT molecular complexity index is 3920. The third kappa shape index (κ3) is 13.3. The van der Waals surface area contributed by atoms with Gasteiger partial charge in [-0.15, -0.1) is 0 Å². The predicted molar refractivity (Wildman–Crippen MR) is 346 cm³/mol. The molecule has 0 radical (unpaired) electrons. The van der Waals surface area contributed by atoms with E-state index in [4.69, 9.17) is 29.4 Å². The minimum atomic E-state index is -0.218. The van der Waals surface area contributed by atoms with Gasteiger partial charge in [-0.1, -0.05) is 165 Å². The molecule has 0 aliphatic heterocycles. The van der Waals surface area contributed by atoms with Gasteiger partial charge in [-0.25, -0.2) is 19.9 Å². The molecule has 2 heterocycles. The molecule has 12 heteroatoms. The Labute approximate surface area is 505 Å². The van der Waals surface area contributed by atoms with Gasteiger partial charge in [0.2, 0.25) is 0 Å². The standard InChI is InChI=1S/C52H44N4O4.C20H12Br2N2/c1-59-49(57)35-21-37-17-27-43(28-18-37)55(41-11-5-3-6-12-41)45-31-23-39(24-32-45)51-52(54-48-16-10-9-15-47(48)53-51)40-25-33-46(34-26-40)56(42-13-7-4-8-14-42)44-29-19-38(20-30-44)22-36-50(58)60-2;21-15-9-5-13(6-10-15)19-20(14-7-11-16(22)12-8-14)24-18-4-2-1-3-17(18)23-19/h3-20,23-34H,21-22,35-36H2,1-2H3;1-12H. The molecule has 0 aliphatic carbocycles. The molecule has 0 fully saturated rings. The minimum Gasteiger partial charge on any atom is -0.469 e. The van der Waals surface area contributed by atoms with E-state index in [1.54, 1.807) is 0 Å². The first kappa shape index (κ1) is 56.3. The molecule has 0 unspecified atom stereocenters. The van der Waals surface area contributed by atoms with Crippen molar-refractivity contribution in [2.24, 2.45) is 0 Å². The van der Waals surface area contributed by atoms with Crippen molar-refractivity contribution in [3.05, 3.63) is 275 Å². The third-order valence-corrected chi connectivity index (χ3v) is 15.3. The number of aromatic nitrogens is 4. The van der Waals surface area contributed by atoms with Crippen LogP contribution in [0.4, 0.5) is 34.1 Å². The van der Waals surface area contributed by atoms with Gasteiger partial charge in [0.25, 0.3) is 0 Å². The van der Waals surface area contributed by atoms with Crippen LogP contribution in [-0.2, 0) is 31.9 Å². The summed E-state index contributed by atoms with van der Waals surface area (Å²) in [4.78, 5) is 48.1. The van der Waals surface area contributed by atoms with Crippen molar-refractivity contribution in [2.75, 3.05) is 24.0 Å². The highest BCUT2D eigenvalue weighted by Gasteiger charge is 2.19. The van der Waals surface area contributed by atoms with Crippen LogP contribution in [-0.4, -0.2) is 46.1 Å². The van der Waals surface area contributed by atoms with E-state index in [0.29, 0.717) is 25.7 Å². The second-order valence-corrected chi connectivity index (χ2v) is 21.6. The third-order valence-electron chi connectivity index (χ3n) is 14.3. The van der Waals surface area contributed by atoms with Crippen LogP contribution in [0, 0.1) is 0 Å². The number of para-hydroxylation sites is 6. The topological polar surface area (TPSA) is 111 Å². The minimum absolute atomic E-state index is 0.218. The zero-order valence-corrected chi connectivity index (χ0v) is 49.3. The van der Waals surface area contributed by atoms with Gasteiger partial charge in [0.15, 0.2) is 0 Å². The summed E-state index contributed by atoms with van der Waals surface area (Å²) in [6.07, 6.45) is 1.91. The van der Waals surface area contributed by atoms with Crippen molar-refractivity contribution in [2.45, 2.75) is 25.7 Å². The summed E-state index contributed by atoms with van der Waals surface area (Å²) >= 11 is 6.98. The van der Waals surface area contributed by atoms with E-state index in [2.05, 4.69) is 187 Å². The van der Waals surface area contributed by atoms with Gasteiger partial charge >= 0.3 is 11.9 Å². The summed E-state index contributed by atoms with van der Waals surface area (Å²) in [5.41, 5.74) is 19.0. The van der Waals surface area contributed by atoms with Gasteiger partial charge in [-0.2, -0.15) is 0 Å². The molecule has 0 saturated heterocycles. The number of halogens is 2. The van der Waals surface area contributed by atoms with Gasteiger partial charge in [0.1, 0.15) is 0 Å². The first-order valence-corrected chi connectivity index (χ1v) is 29.0. The smallest absolute Gasteiger partial charge is 0.305 e. The van der Waals surface area contributed by atoms with Crippen molar-refractivity contribution >= 4 is 100.0 Å². The Balaban J connectivity index is 0.000000254. The number of fused-ring (bicyclic) bond motifs is 2. The predicted octanol–water partition coefficient (Wildman–Crippen LogP) is 18.6. The highest BCUT2D eigenvalue weighted by molar-refractivity contribution is 9.10. The number of nitrogens with zero attached hydrogens (tertiary/aromatic N) is 6. The number of anilines is 6. The molecule has 412 valence electrons. The van der Waals surface area contributed by atoms with Crippen LogP contribution in [0.2, 0.25) is 0 Å². The van der Waals surface area contributed by atoms with Crippen LogP contribution in [0.1, 0.15) is 24.0 Å². The lowest BCUT2D eigenvalue weighted by atomic mass is 10.0. The Morgan fingerprint density at radius 3 is 0.833 bits per heavy atom. The molecule has 0 aliphatic rings. The molecule has 0 bridgehead atoms. The Kier molecular flexibility index (Phi) is 17.8. The molecule has 10 aromatic carbocycles. The molecule has 10 nitrogen and oxygen atoms in total. The van der Waals surface area contributed by atoms with E-state index in [1.807, 2.05) is 109 Å². The average molecular weight is 1230 g/mol. The summed E-state index contributed by atoms with van der Waals surface area (Å²) in [5, 5.41) is 0. The maximum atomic E-state index is 11.8. The van der Waals surface area contributed by atoms with Crippen LogP contribution < -0.4 is 9.80 Å². The zero-order valence-electron chi connectivity index (χ0n) is 46.1. The second-order valence-electron chi connectivity index (χ2n) is 19.8. The molecule has 2 aromatic heterocycles. The fourth-order valence-electron chi connectivity index (χ4n) is 9.93. The maximum absolute atomic E-state index is 11.8. The van der Waals surface area contributed by atoms with Gasteiger partial charge < -0.3 is 19.3 Å². The highest BCUT2D eigenvalue weighted by atomic mass is 79.9. The van der Waals surface area contributed by atoms with Crippen molar-refractivity contribution in [3.8, 4) is 45.0 Å². The number of carbonyl (C=O) groups is 2. The maximum Gasteiger partial charge on any atom is 0.305 e. The number of rotatable bonds is 16. The number of methoxy groups -OCH3 is 2. The summed E-state index contributed by atoms with van der Waals surface area (Å²) in [5.74, 6) is -0.436. The second kappa shape index (κ2) is 26.5. The Hall–Kier alpha value is -9.62. The highest BCUT2D eigenvalue weighted by Crippen LogP contribution is 2.40. The number of hydrogen-bond acceptors (Lipinski definition) is 10. The first-order valence-electron chi connectivity index (χ1n) is 27.5. The molecule has 12 aromatic rings. The SMILES string of the molecule is Brc1ccc(-c2nc3ccccc3nc2-c2ccc(Br)cc2)cc1.COC(=O)CCc1ccc(N(c2ccccc2)c2ccc(-c3nc4ccccc4nc3-c3ccc(N(c4ccccc4)c4ccc(CCC(=O)OC)cc4)cc3)cc2)cc1. The van der Waals surface area contributed by atoms with Gasteiger partial charge in [0, 0.05) is 78.2 Å².